The van der Waals surface area contributed by atoms with Gasteiger partial charge in [0.1, 0.15) is 5.75 Å². The molecule has 2 aromatic carbocycles. The molecule has 0 unspecified atom stereocenters. The Morgan fingerprint density at radius 2 is 1.85 bits per heavy atom. The van der Waals surface area contributed by atoms with Crippen molar-refractivity contribution in [3.63, 3.8) is 0 Å². The maximum Gasteiger partial charge on any atom is 0.240 e. The first-order valence-corrected chi connectivity index (χ1v) is 12.8. The number of rotatable bonds is 9. The van der Waals surface area contributed by atoms with Crippen molar-refractivity contribution in [2.24, 2.45) is 0 Å². The van der Waals surface area contributed by atoms with Crippen LogP contribution in [0.2, 0.25) is 0 Å². The fraction of sp³-hybridized carbons (Fsp3) is 0.280. The molecule has 8 nitrogen and oxygen atoms in total. The zero-order chi connectivity index (χ0) is 24.0. The van der Waals surface area contributed by atoms with Crippen LogP contribution >= 0.6 is 0 Å². The van der Waals surface area contributed by atoms with E-state index in [4.69, 9.17) is 0 Å². The number of phenols is 1. The van der Waals surface area contributed by atoms with Gasteiger partial charge in [-0.1, -0.05) is 24.3 Å². The Labute approximate surface area is 200 Å². The van der Waals surface area contributed by atoms with E-state index in [2.05, 4.69) is 24.9 Å². The van der Waals surface area contributed by atoms with Gasteiger partial charge in [-0.2, -0.15) is 0 Å². The van der Waals surface area contributed by atoms with Gasteiger partial charge < -0.3 is 15.3 Å². The fourth-order valence-corrected chi connectivity index (χ4v) is 4.81. The predicted octanol–water partition coefficient (Wildman–Crippen LogP) is 3.78. The highest BCUT2D eigenvalue weighted by Crippen LogP contribution is 2.19. The summed E-state index contributed by atoms with van der Waals surface area (Å²) in [4.78, 5) is 11.3. The molecule has 0 saturated carbocycles. The van der Waals surface area contributed by atoms with Crippen LogP contribution in [0.15, 0.2) is 59.6 Å². The van der Waals surface area contributed by atoms with Gasteiger partial charge in [0.2, 0.25) is 16.0 Å². The lowest BCUT2D eigenvalue weighted by atomic mass is 10.1. The van der Waals surface area contributed by atoms with Crippen LogP contribution in [-0.2, 0) is 10.0 Å². The third-order valence-electron chi connectivity index (χ3n) is 5.68. The van der Waals surface area contributed by atoms with E-state index >= 15 is 0 Å². The molecule has 1 aliphatic heterocycles. The zero-order valence-electron chi connectivity index (χ0n) is 19.1. The topological polar surface area (TPSA) is 107 Å². The number of hydrogen-bond donors (Lipinski definition) is 3. The van der Waals surface area contributed by atoms with Crippen LogP contribution < -0.4 is 10.0 Å². The molecule has 34 heavy (non-hydrogen) atoms. The van der Waals surface area contributed by atoms with Crippen LogP contribution in [0.3, 0.4) is 0 Å². The van der Waals surface area contributed by atoms with Crippen LogP contribution in [0.4, 0.5) is 11.6 Å². The van der Waals surface area contributed by atoms with Crippen molar-refractivity contribution in [1.29, 1.82) is 0 Å². The minimum atomic E-state index is -3.54. The Morgan fingerprint density at radius 1 is 1.09 bits per heavy atom. The van der Waals surface area contributed by atoms with Crippen LogP contribution in [0, 0.1) is 6.92 Å². The van der Waals surface area contributed by atoms with E-state index in [-0.39, 0.29) is 10.6 Å². The van der Waals surface area contributed by atoms with E-state index in [0.29, 0.717) is 18.2 Å². The molecule has 4 rings (SSSR count). The first-order valence-electron chi connectivity index (χ1n) is 11.3. The number of sulfonamides is 1. The highest BCUT2D eigenvalue weighted by atomic mass is 32.2. The summed E-state index contributed by atoms with van der Waals surface area (Å²) in [6.45, 7) is 5.10. The molecule has 1 saturated heterocycles. The molecule has 3 aromatic rings. The Bertz CT molecular complexity index is 1250. The number of aryl methyl sites for hydroxylation is 1. The molecule has 0 amide bonds. The standard InChI is InChI=1S/C25H29N5O3S/c1-19-21(8-7-20-5-4-6-23(31)17-20)18-26-25(28-19)29-22-9-11-24(12-10-22)34(32,33)27-13-16-30-14-2-3-15-30/h4-12,17-18,27,31H,2-3,13-16H2,1H3,(H,26,28,29)/b8-7+. The van der Waals surface area contributed by atoms with Gasteiger partial charge >= 0.3 is 0 Å². The van der Waals surface area contributed by atoms with Gasteiger partial charge in [0.05, 0.1) is 10.6 Å². The van der Waals surface area contributed by atoms with Crippen molar-refractivity contribution in [2.75, 3.05) is 31.5 Å². The summed E-state index contributed by atoms with van der Waals surface area (Å²) in [7, 11) is -3.54. The second-order valence-electron chi connectivity index (χ2n) is 8.26. The largest absolute Gasteiger partial charge is 0.508 e. The highest BCUT2D eigenvalue weighted by molar-refractivity contribution is 7.89. The Kier molecular flexibility index (Phi) is 7.56. The number of nitrogens with zero attached hydrogens (tertiary/aromatic N) is 3. The van der Waals surface area contributed by atoms with Gasteiger partial charge in [-0.15, -0.1) is 0 Å². The van der Waals surface area contributed by atoms with Crippen LogP contribution in [0.1, 0.15) is 29.7 Å². The Morgan fingerprint density at radius 3 is 2.56 bits per heavy atom. The maximum atomic E-state index is 12.5. The molecule has 0 spiro atoms. The number of nitrogens with one attached hydrogen (secondary N) is 2. The SMILES string of the molecule is Cc1nc(Nc2ccc(S(=O)(=O)NCCN3CCCC3)cc2)ncc1/C=C/c1cccc(O)c1. The normalized spacial score (nSPS) is 14.6. The monoisotopic (exact) mass is 479 g/mol. The predicted molar refractivity (Wildman–Crippen MR) is 134 cm³/mol. The molecule has 0 bridgehead atoms. The van der Waals surface area contributed by atoms with Gasteiger partial charge in [-0.25, -0.2) is 23.1 Å². The molecule has 1 aliphatic rings. The lowest BCUT2D eigenvalue weighted by Crippen LogP contribution is -2.33. The van der Waals surface area contributed by atoms with Gasteiger partial charge in [-0.05, 0) is 74.8 Å². The average Bonchev–Trinajstić information content (AvgIpc) is 3.32. The van der Waals surface area contributed by atoms with E-state index in [0.717, 1.165) is 36.5 Å². The lowest BCUT2D eigenvalue weighted by molar-refractivity contribution is 0.344. The summed E-state index contributed by atoms with van der Waals surface area (Å²) in [6, 6.07) is 13.5. The molecule has 0 aliphatic carbocycles. The summed E-state index contributed by atoms with van der Waals surface area (Å²) in [6.07, 6.45) is 7.86. The van der Waals surface area contributed by atoms with Gasteiger partial charge in [0, 0.05) is 30.5 Å². The van der Waals surface area contributed by atoms with Crippen molar-refractivity contribution in [3.05, 3.63) is 71.5 Å². The average molecular weight is 480 g/mol. The molecular formula is C25H29N5O3S. The Balaban J connectivity index is 1.35. The number of hydrogen-bond acceptors (Lipinski definition) is 7. The van der Waals surface area contributed by atoms with Crippen molar-refractivity contribution >= 4 is 33.8 Å². The minimum Gasteiger partial charge on any atom is -0.508 e. The van der Waals surface area contributed by atoms with Crippen molar-refractivity contribution in [1.82, 2.24) is 19.6 Å². The third kappa shape index (κ3) is 6.40. The van der Waals surface area contributed by atoms with E-state index in [9.17, 15) is 13.5 Å². The molecule has 178 valence electrons. The van der Waals surface area contributed by atoms with Gasteiger partial charge in [-0.3, -0.25) is 0 Å². The lowest BCUT2D eigenvalue weighted by Gasteiger charge is -2.15. The number of aromatic nitrogens is 2. The summed E-state index contributed by atoms with van der Waals surface area (Å²) in [5.41, 5.74) is 3.21. The van der Waals surface area contributed by atoms with E-state index < -0.39 is 10.0 Å². The minimum absolute atomic E-state index is 0.214. The molecule has 0 atom stereocenters. The van der Waals surface area contributed by atoms with Crippen molar-refractivity contribution in [3.8, 4) is 5.75 Å². The van der Waals surface area contributed by atoms with Crippen LogP contribution in [0.5, 0.6) is 5.75 Å². The molecule has 1 fully saturated rings. The first-order chi connectivity index (χ1) is 16.4. The molecule has 2 heterocycles. The number of phenolic OH excluding ortho intramolecular Hbond substituents is 1. The van der Waals surface area contributed by atoms with E-state index in [1.54, 1.807) is 48.7 Å². The fourth-order valence-electron chi connectivity index (χ4n) is 3.79. The summed E-state index contributed by atoms with van der Waals surface area (Å²) >= 11 is 0. The highest BCUT2D eigenvalue weighted by Gasteiger charge is 2.16. The first kappa shape index (κ1) is 23.9. The molecule has 1 aromatic heterocycles. The van der Waals surface area contributed by atoms with Gasteiger partial charge in [0.25, 0.3) is 0 Å². The second-order valence-corrected chi connectivity index (χ2v) is 10.0. The van der Waals surface area contributed by atoms with Crippen molar-refractivity contribution in [2.45, 2.75) is 24.7 Å². The summed E-state index contributed by atoms with van der Waals surface area (Å²) in [5.74, 6) is 0.637. The van der Waals surface area contributed by atoms with Crippen molar-refractivity contribution < 1.29 is 13.5 Å². The van der Waals surface area contributed by atoms with E-state index in [1.165, 1.54) is 12.8 Å². The third-order valence-corrected chi connectivity index (χ3v) is 7.16. The van der Waals surface area contributed by atoms with Crippen LogP contribution in [-0.4, -0.2) is 54.6 Å². The number of likely N-dealkylation sites (tertiary alicyclic amines) is 1. The Hall–Kier alpha value is -3.27. The summed E-state index contributed by atoms with van der Waals surface area (Å²) in [5, 5.41) is 12.7. The molecule has 9 heteroatoms. The van der Waals surface area contributed by atoms with Crippen LogP contribution in [0.25, 0.3) is 12.2 Å². The number of benzene rings is 2. The van der Waals surface area contributed by atoms with E-state index in [1.807, 2.05) is 25.1 Å². The molecule has 0 radical (unpaired) electrons. The number of aromatic hydroxyl groups is 1. The number of anilines is 2. The second kappa shape index (κ2) is 10.8. The maximum absolute atomic E-state index is 12.5. The zero-order valence-corrected chi connectivity index (χ0v) is 19.9. The quantitative estimate of drug-likeness (QED) is 0.429. The molecular weight excluding hydrogens is 450 g/mol. The smallest absolute Gasteiger partial charge is 0.240 e. The molecule has 3 N–H and O–H groups in total. The van der Waals surface area contributed by atoms with Gasteiger partial charge in [0.15, 0.2) is 0 Å². The summed E-state index contributed by atoms with van der Waals surface area (Å²) < 4.78 is 27.8.